The third-order valence-electron chi connectivity index (χ3n) is 6.65. The molecule has 0 fully saturated rings. The summed E-state index contributed by atoms with van der Waals surface area (Å²) in [7, 11) is 1.63. The second kappa shape index (κ2) is 27.0. The van der Waals surface area contributed by atoms with Gasteiger partial charge < -0.3 is 29.8 Å². The number of hydrogen-bond donors (Lipinski definition) is 3. The molecule has 0 bridgehead atoms. The molecule has 2 amide bonds. The minimum absolute atomic E-state index is 0.0920. The molecule has 1 unspecified atom stereocenters. The Morgan fingerprint density at radius 1 is 0.875 bits per heavy atom. The van der Waals surface area contributed by atoms with E-state index >= 15 is 0 Å². The molecule has 0 saturated carbocycles. The zero-order valence-corrected chi connectivity index (χ0v) is 25.2. The fourth-order valence-electron chi connectivity index (χ4n) is 4.28. The van der Waals surface area contributed by atoms with Crippen molar-refractivity contribution in [2.24, 2.45) is 0 Å². The van der Waals surface area contributed by atoms with E-state index < -0.39 is 6.04 Å². The smallest absolute Gasteiger partial charge is 0.243 e. The summed E-state index contributed by atoms with van der Waals surface area (Å²) in [6.45, 7) is 5.00. The van der Waals surface area contributed by atoms with Gasteiger partial charge in [0.05, 0.1) is 39.4 Å². The zero-order valence-electron chi connectivity index (χ0n) is 25.2. The summed E-state index contributed by atoms with van der Waals surface area (Å²) < 4.78 is 15.7. The predicted molar refractivity (Wildman–Crippen MR) is 160 cm³/mol. The standard InChI is InChI=1S/C31H56N4O5/c1-3-4-5-6-7-8-9-10-11-12-13-14-15-16-17-18-30(36)35-29(25-28-26-32-27-34-28)31(37)33-19-20-39-23-24-40-22-21-38-2/h8-9,26-27,29H,3-7,10-25H2,1-2H3,(H,32,34)(H,33,37)(H,35,36)/b9-8+. The van der Waals surface area contributed by atoms with Crippen LogP contribution in [0.1, 0.15) is 103 Å². The van der Waals surface area contributed by atoms with Gasteiger partial charge in [-0.1, -0.05) is 70.4 Å². The van der Waals surface area contributed by atoms with Gasteiger partial charge in [-0.25, -0.2) is 4.98 Å². The van der Waals surface area contributed by atoms with E-state index in [4.69, 9.17) is 14.2 Å². The van der Waals surface area contributed by atoms with Crippen LogP contribution in [0.5, 0.6) is 0 Å². The fourth-order valence-corrected chi connectivity index (χ4v) is 4.28. The third-order valence-corrected chi connectivity index (χ3v) is 6.65. The van der Waals surface area contributed by atoms with Crippen molar-refractivity contribution in [2.75, 3.05) is 46.7 Å². The van der Waals surface area contributed by atoms with Crippen molar-refractivity contribution in [3.05, 3.63) is 30.4 Å². The number of nitrogens with zero attached hydrogens (tertiary/aromatic N) is 1. The largest absolute Gasteiger partial charge is 0.382 e. The van der Waals surface area contributed by atoms with E-state index in [9.17, 15) is 9.59 Å². The van der Waals surface area contributed by atoms with E-state index in [0.29, 0.717) is 52.4 Å². The van der Waals surface area contributed by atoms with Crippen LogP contribution in [0.4, 0.5) is 0 Å². The number of ether oxygens (including phenoxy) is 3. The zero-order chi connectivity index (χ0) is 28.9. The summed E-state index contributed by atoms with van der Waals surface area (Å²) in [5.74, 6) is -0.320. The summed E-state index contributed by atoms with van der Waals surface area (Å²) in [6, 6.07) is -0.657. The van der Waals surface area contributed by atoms with Gasteiger partial charge in [0.15, 0.2) is 0 Å². The van der Waals surface area contributed by atoms with Crippen molar-refractivity contribution in [3.8, 4) is 0 Å². The van der Waals surface area contributed by atoms with E-state index in [2.05, 4.69) is 39.7 Å². The van der Waals surface area contributed by atoms with Crippen molar-refractivity contribution in [1.82, 2.24) is 20.6 Å². The van der Waals surface area contributed by atoms with Crippen LogP contribution >= 0.6 is 0 Å². The number of H-pyrrole nitrogens is 1. The van der Waals surface area contributed by atoms with Gasteiger partial charge >= 0.3 is 0 Å². The number of unbranched alkanes of at least 4 members (excludes halogenated alkanes) is 11. The molecule has 9 nitrogen and oxygen atoms in total. The Morgan fingerprint density at radius 3 is 2.15 bits per heavy atom. The summed E-state index contributed by atoms with van der Waals surface area (Å²) in [5.41, 5.74) is 0.798. The lowest BCUT2D eigenvalue weighted by molar-refractivity contribution is -0.129. The summed E-state index contributed by atoms with van der Waals surface area (Å²) in [4.78, 5) is 32.4. The number of carbonyl (C=O) groups excluding carboxylic acids is 2. The summed E-state index contributed by atoms with van der Waals surface area (Å²) in [6.07, 6.45) is 24.5. The van der Waals surface area contributed by atoms with Crippen LogP contribution in [-0.4, -0.2) is 74.5 Å². The third kappa shape index (κ3) is 21.6. The minimum Gasteiger partial charge on any atom is -0.382 e. The summed E-state index contributed by atoms with van der Waals surface area (Å²) >= 11 is 0. The molecule has 1 aromatic heterocycles. The number of amides is 2. The topological polar surface area (TPSA) is 115 Å². The number of allylic oxidation sites excluding steroid dienone is 2. The van der Waals surface area contributed by atoms with Crippen molar-refractivity contribution in [2.45, 2.75) is 109 Å². The van der Waals surface area contributed by atoms with Crippen LogP contribution in [0, 0.1) is 0 Å². The predicted octanol–water partition coefficient (Wildman–Crippen LogP) is 5.27. The van der Waals surface area contributed by atoms with Crippen LogP contribution in [0.2, 0.25) is 0 Å². The fraction of sp³-hybridized carbons (Fsp3) is 0.774. The molecule has 1 heterocycles. The molecule has 0 aliphatic carbocycles. The maximum absolute atomic E-state index is 12.8. The molecule has 0 aliphatic rings. The number of aromatic nitrogens is 2. The van der Waals surface area contributed by atoms with Crippen LogP contribution in [0.15, 0.2) is 24.7 Å². The molecule has 1 aromatic rings. The Morgan fingerprint density at radius 2 is 1.50 bits per heavy atom. The van der Waals surface area contributed by atoms with Crippen molar-refractivity contribution >= 4 is 11.8 Å². The highest BCUT2D eigenvalue weighted by Gasteiger charge is 2.21. The number of carbonyl (C=O) groups is 2. The summed E-state index contributed by atoms with van der Waals surface area (Å²) in [5, 5.41) is 5.76. The maximum Gasteiger partial charge on any atom is 0.243 e. The number of methoxy groups -OCH3 is 1. The van der Waals surface area contributed by atoms with Crippen LogP contribution < -0.4 is 10.6 Å². The average Bonchev–Trinajstić information content (AvgIpc) is 3.47. The van der Waals surface area contributed by atoms with Crippen molar-refractivity contribution < 1.29 is 23.8 Å². The number of aromatic amines is 1. The van der Waals surface area contributed by atoms with Crippen LogP contribution in [-0.2, 0) is 30.2 Å². The number of nitrogens with one attached hydrogen (secondary N) is 3. The van der Waals surface area contributed by atoms with E-state index in [0.717, 1.165) is 25.0 Å². The SMILES string of the molecule is CCCCCC/C=C/CCCCCCCCCC(=O)NC(Cc1cnc[nH]1)C(=O)NCCOCCOCCOC. The molecule has 0 aliphatic heterocycles. The van der Waals surface area contributed by atoms with E-state index in [1.165, 1.54) is 64.2 Å². The first kappa shape index (κ1) is 35.8. The molecule has 230 valence electrons. The molecular formula is C31H56N4O5. The monoisotopic (exact) mass is 564 g/mol. The number of hydrogen-bond acceptors (Lipinski definition) is 6. The second-order valence-corrected chi connectivity index (χ2v) is 10.2. The van der Waals surface area contributed by atoms with Crippen LogP contribution in [0.25, 0.3) is 0 Å². The minimum atomic E-state index is -0.657. The lowest BCUT2D eigenvalue weighted by atomic mass is 10.1. The van der Waals surface area contributed by atoms with Gasteiger partial charge in [0, 0.05) is 38.4 Å². The van der Waals surface area contributed by atoms with Crippen molar-refractivity contribution in [1.29, 1.82) is 0 Å². The van der Waals surface area contributed by atoms with Gasteiger partial charge in [0.25, 0.3) is 0 Å². The molecule has 0 aromatic carbocycles. The Labute approximate surface area is 242 Å². The Bertz CT molecular complexity index is 742. The highest BCUT2D eigenvalue weighted by molar-refractivity contribution is 5.87. The van der Waals surface area contributed by atoms with Gasteiger partial charge in [0.2, 0.25) is 11.8 Å². The molecule has 3 N–H and O–H groups in total. The number of imidazole rings is 1. The normalized spacial score (nSPS) is 12.2. The highest BCUT2D eigenvalue weighted by Crippen LogP contribution is 2.11. The first-order valence-electron chi connectivity index (χ1n) is 15.5. The number of rotatable bonds is 28. The molecule has 40 heavy (non-hydrogen) atoms. The molecule has 0 spiro atoms. The highest BCUT2D eigenvalue weighted by atomic mass is 16.5. The maximum atomic E-state index is 12.8. The first-order chi connectivity index (χ1) is 19.7. The van der Waals surface area contributed by atoms with Gasteiger partial charge in [-0.15, -0.1) is 0 Å². The van der Waals surface area contributed by atoms with Crippen molar-refractivity contribution in [3.63, 3.8) is 0 Å². The van der Waals surface area contributed by atoms with Crippen LogP contribution in [0.3, 0.4) is 0 Å². The lowest BCUT2D eigenvalue weighted by Gasteiger charge is -2.18. The lowest BCUT2D eigenvalue weighted by Crippen LogP contribution is -2.48. The molecule has 9 heteroatoms. The Kier molecular flexibility index (Phi) is 24.1. The van der Waals surface area contributed by atoms with Gasteiger partial charge in [0.1, 0.15) is 6.04 Å². The first-order valence-corrected chi connectivity index (χ1v) is 15.5. The van der Waals surface area contributed by atoms with E-state index in [1.807, 2.05) is 0 Å². The van der Waals surface area contributed by atoms with Gasteiger partial charge in [-0.3, -0.25) is 9.59 Å². The van der Waals surface area contributed by atoms with E-state index in [1.54, 1.807) is 19.6 Å². The Hall–Kier alpha value is -2.23. The molecule has 1 atom stereocenters. The average molecular weight is 565 g/mol. The Balaban J connectivity index is 2.13. The second-order valence-electron chi connectivity index (χ2n) is 10.2. The molecular weight excluding hydrogens is 508 g/mol. The molecule has 0 radical (unpaired) electrons. The molecule has 1 rings (SSSR count). The van der Waals surface area contributed by atoms with E-state index in [-0.39, 0.29) is 11.8 Å². The molecule has 0 saturated heterocycles. The van der Waals surface area contributed by atoms with Gasteiger partial charge in [-0.05, 0) is 32.1 Å². The van der Waals surface area contributed by atoms with Gasteiger partial charge in [-0.2, -0.15) is 0 Å². The quantitative estimate of drug-likeness (QED) is 0.0944.